The van der Waals surface area contributed by atoms with Crippen LogP contribution in [0.2, 0.25) is 0 Å². The van der Waals surface area contributed by atoms with Crippen LogP contribution in [-0.4, -0.2) is 74.7 Å². The van der Waals surface area contributed by atoms with Gasteiger partial charge in [-0.15, -0.1) is 0 Å². The summed E-state index contributed by atoms with van der Waals surface area (Å²) in [6.07, 6.45) is 3.27. The molecule has 1 aliphatic rings. The van der Waals surface area contributed by atoms with Crippen LogP contribution < -0.4 is 16.0 Å². The van der Waals surface area contributed by atoms with Crippen molar-refractivity contribution in [3.63, 3.8) is 0 Å². The highest BCUT2D eigenvalue weighted by Gasteiger charge is 2.10. The number of guanidine groups is 1. The summed E-state index contributed by atoms with van der Waals surface area (Å²) in [6, 6.07) is 3.56. The second kappa shape index (κ2) is 9.75. The summed E-state index contributed by atoms with van der Waals surface area (Å²) in [5, 5.41) is 8.95. The molecule has 1 amide bonds. The predicted molar refractivity (Wildman–Crippen MR) is 89.5 cm³/mol. The van der Waals surface area contributed by atoms with Gasteiger partial charge < -0.3 is 20.7 Å². The number of carbonyl (C=O) groups is 1. The molecule has 0 aliphatic carbocycles. The highest BCUT2D eigenvalue weighted by molar-refractivity contribution is 5.94. The van der Waals surface area contributed by atoms with E-state index in [2.05, 4.69) is 30.8 Å². The van der Waals surface area contributed by atoms with E-state index in [0.717, 1.165) is 39.4 Å². The average Bonchev–Trinajstić information content (AvgIpc) is 2.59. The number of nitrogens with one attached hydrogen (secondary N) is 3. The Morgan fingerprint density at radius 3 is 2.91 bits per heavy atom. The van der Waals surface area contributed by atoms with E-state index in [9.17, 15) is 4.79 Å². The Morgan fingerprint density at radius 2 is 2.22 bits per heavy atom. The van der Waals surface area contributed by atoms with E-state index in [0.29, 0.717) is 11.6 Å². The summed E-state index contributed by atoms with van der Waals surface area (Å²) in [5.74, 6) is 0.466. The van der Waals surface area contributed by atoms with E-state index in [1.807, 2.05) is 0 Å². The first-order valence-electron chi connectivity index (χ1n) is 7.72. The fourth-order valence-electron chi connectivity index (χ4n) is 2.18. The summed E-state index contributed by atoms with van der Waals surface area (Å²) in [6.45, 7) is 5.34. The fraction of sp³-hybridized carbons (Fsp3) is 0.533. The molecule has 0 atom stereocenters. The fourth-order valence-corrected chi connectivity index (χ4v) is 2.18. The Labute approximate surface area is 136 Å². The van der Waals surface area contributed by atoms with Gasteiger partial charge in [-0.05, 0) is 12.1 Å². The van der Waals surface area contributed by atoms with Gasteiger partial charge >= 0.3 is 0 Å². The number of hydrogen-bond acceptors (Lipinski definition) is 5. The second-order valence-electron chi connectivity index (χ2n) is 5.10. The zero-order chi connectivity index (χ0) is 16.3. The molecule has 0 aromatic carbocycles. The van der Waals surface area contributed by atoms with E-state index < -0.39 is 0 Å². The molecular weight excluding hydrogens is 296 g/mol. The average molecular weight is 320 g/mol. The molecule has 8 nitrogen and oxygen atoms in total. The number of hydrogen-bond donors (Lipinski definition) is 3. The maximum absolute atomic E-state index is 11.8. The Hall–Kier alpha value is -2.19. The van der Waals surface area contributed by atoms with Crippen LogP contribution in [0.25, 0.3) is 0 Å². The van der Waals surface area contributed by atoms with E-state index in [1.165, 1.54) is 0 Å². The van der Waals surface area contributed by atoms with Gasteiger partial charge in [0.2, 0.25) is 5.91 Å². The Balaban J connectivity index is 1.63. The number of nitrogens with zero attached hydrogens (tertiary/aromatic N) is 3. The van der Waals surface area contributed by atoms with Crippen molar-refractivity contribution in [2.45, 2.75) is 0 Å². The lowest BCUT2D eigenvalue weighted by molar-refractivity contribution is -0.115. The first-order chi connectivity index (χ1) is 11.3. The van der Waals surface area contributed by atoms with Crippen LogP contribution in [0.3, 0.4) is 0 Å². The van der Waals surface area contributed by atoms with Crippen molar-refractivity contribution in [1.82, 2.24) is 20.5 Å². The molecule has 0 bridgehead atoms. The topological polar surface area (TPSA) is 90.9 Å². The number of aromatic nitrogens is 1. The molecule has 0 saturated carbocycles. The number of ether oxygens (including phenoxy) is 1. The lowest BCUT2D eigenvalue weighted by Gasteiger charge is -2.26. The number of aliphatic imine (C=N–C) groups is 1. The molecule has 126 valence electrons. The van der Waals surface area contributed by atoms with Gasteiger partial charge in [0.1, 0.15) is 0 Å². The smallest absolute Gasteiger partial charge is 0.243 e. The quantitative estimate of drug-likeness (QED) is 0.484. The third-order valence-corrected chi connectivity index (χ3v) is 3.41. The zero-order valence-corrected chi connectivity index (χ0v) is 13.4. The minimum atomic E-state index is -0.144. The van der Waals surface area contributed by atoms with Crippen LogP contribution in [0.4, 0.5) is 5.69 Å². The molecule has 2 heterocycles. The summed E-state index contributed by atoms with van der Waals surface area (Å²) >= 11 is 0. The largest absolute Gasteiger partial charge is 0.379 e. The number of pyridine rings is 1. The molecule has 1 aliphatic heterocycles. The van der Waals surface area contributed by atoms with Gasteiger partial charge in [-0.25, -0.2) is 0 Å². The van der Waals surface area contributed by atoms with E-state index >= 15 is 0 Å². The number of carbonyl (C=O) groups excluding carboxylic acids is 1. The first kappa shape index (κ1) is 17.2. The third-order valence-electron chi connectivity index (χ3n) is 3.41. The van der Waals surface area contributed by atoms with Crippen LogP contribution in [-0.2, 0) is 9.53 Å². The van der Waals surface area contributed by atoms with E-state index in [1.54, 1.807) is 31.6 Å². The Morgan fingerprint density at radius 1 is 1.39 bits per heavy atom. The molecule has 2 rings (SSSR count). The minimum absolute atomic E-state index is 0.144. The molecule has 1 saturated heterocycles. The number of morpholine rings is 1. The van der Waals surface area contributed by atoms with Crippen molar-refractivity contribution < 1.29 is 9.53 Å². The van der Waals surface area contributed by atoms with Crippen LogP contribution in [0.15, 0.2) is 29.5 Å². The normalized spacial score (nSPS) is 16.0. The van der Waals surface area contributed by atoms with Crippen molar-refractivity contribution in [2.24, 2.45) is 4.99 Å². The Bertz CT molecular complexity index is 502. The monoisotopic (exact) mass is 320 g/mol. The van der Waals surface area contributed by atoms with Gasteiger partial charge in [-0.2, -0.15) is 0 Å². The zero-order valence-electron chi connectivity index (χ0n) is 13.4. The highest BCUT2D eigenvalue weighted by atomic mass is 16.5. The SMILES string of the molecule is CN=C(NCCN1CCOCC1)NCC(=O)Nc1cccnc1. The maximum Gasteiger partial charge on any atom is 0.243 e. The molecule has 23 heavy (non-hydrogen) atoms. The van der Waals surface area contributed by atoms with Gasteiger partial charge in [-0.1, -0.05) is 0 Å². The standard InChI is InChI=1S/C15H24N6O2/c1-16-15(18-5-6-21-7-9-23-10-8-21)19-12-14(22)20-13-3-2-4-17-11-13/h2-4,11H,5-10,12H2,1H3,(H,20,22)(H2,16,18,19). The second-order valence-corrected chi connectivity index (χ2v) is 5.10. The molecule has 1 aromatic rings. The number of amides is 1. The lowest BCUT2D eigenvalue weighted by atomic mass is 10.4. The summed E-state index contributed by atoms with van der Waals surface area (Å²) in [5.41, 5.74) is 0.676. The van der Waals surface area contributed by atoms with Gasteiger partial charge in [0.25, 0.3) is 0 Å². The van der Waals surface area contributed by atoms with Crippen molar-refractivity contribution in [1.29, 1.82) is 0 Å². The molecule has 3 N–H and O–H groups in total. The lowest BCUT2D eigenvalue weighted by Crippen LogP contribution is -2.45. The number of anilines is 1. The third kappa shape index (κ3) is 6.62. The molecule has 0 spiro atoms. The maximum atomic E-state index is 11.8. The Kier molecular flexibility index (Phi) is 7.28. The first-order valence-corrected chi connectivity index (χ1v) is 7.72. The molecule has 1 fully saturated rings. The van der Waals surface area contributed by atoms with Crippen molar-refractivity contribution in [3.05, 3.63) is 24.5 Å². The molecule has 1 aromatic heterocycles. The van der Waals surface area contributed by atoms with E-state index in [4.69, 9.17) is 4.74 Å². The molecule has 8 heteroatoms. The van der Waals surface area contributed by atoms with Crippen molar-refractivity contribution in [2.75, 3.05) is 58.3 Å². The number of rotatable bonds is 6. The van der Waals surface area contributed by atoms with Crippen LogP contribution in [0.5, 0.6) is 0 Å². The van der Waals surface area contributed by atoms with Crippen molar-refractivity contribution in [3.8, 4) is 0 Å². The van der Waals surface area contributed by atoms with Gasteiger partial charge in [0.05, 0.1) is 31.6 Å². The molecular formula is C15H24N6O2. The van der Waals surface area contributed by atoms with Crippen molar-refractivity contribution >= 4 is 17.6 Å². The van der Waals surface area contributed by atoms with Crippen LogP contribution in [0, 0.1) is 0 Å². The van der Waals surface area contributed by atoms with E-state index in [-0.39, 0.29) is 12.5 Å². The van der Waals surface area contributed by atoms with Crippen LogP contribution >= 0.6 is 0 Å². The van der Waals surface area contributed by atoms with Crippen LogP contribution in [0.1, 0.15) is 0 Å². The highest BCUT2D eigenvalue weighted by Crippen LogP contribution is 2.01. The molecule has 0 unspecified atom stereocenters. The molecule has 0 radical (unpaired) electrons. The summed E-state index contributed by atoms with van der Waals surface area (Å²) < 4.78 is 5.32. The predicted octanol–water partition coefficient (Wildman–Crippen LogP) is -0.483. The minimum Gasteiger partial charge on any atom is -0.379 e. The van der Waals surface area contributed by atoms with Gasteiger partial charge in [0, 0.05) is 39.4 Å². The summed E-state index contributed by atoms with van der Waals surface area (Å²) in [4.78, 5) is 22.2. The van der Waals surface area contributed by atoms with Gasteiger partial charge in [0.15, 0.2) is 5.96 Å². The van der Waals surface area contributed by atoms with Gasteiger partial charge in [-0.3, -0.25) is 19.7 Å². The summed E-state index contributed by atoms with van der Waals surface area (Å²) in [7, 11) is 1.68.